The van der Waals surface area contributed by atoms with Gasteiger partial charge >= 0.3 is 0 Å². The van der Waals surface area contributed by atoms with E-state index in [0.29, 0.717) is 34.7 Å². The average molecular weight is 496 g/mol. The van der Waals surface area contributed by atoms with Crippen LogP contribution in [-0.2, 0) is 5.75 Å². The van der Waals surface area contributed by atoms with Crippen LogP contribution in [0, 0.1) is 17.6 Å². The lowest BCUT2D eigenvalue weighted by atomic mass is 9.90. The number of halogens is 2. The number of aromatic nitrogens is 1. The van der Waals surface area contributed by atoms with Crippen LogP contribution in [0.4, 0.5) is 8.78 Å². The monoisotopic (exact) mass is 495 g/mol. The van der Waals surface area contributed by atoms with Gasteiger partial charge in [0.25, 0.3) is 5.91 Å². The molecule has 0 aliphatic carbocycles. The predicted octanol–water partition coefficient (Wildman–Crippen LogP) is 4.38. The smallest absolute Gasteiger partial charge is 0.278 e. The highest BCUT2D eigenvalue weighted by Crippen LogP contribution is 2.46. The number of rotatable bonds is 1. The van der Waals surface area contributed by atoms with Gasteiger partial charge in [0.15, 0.2) is 11.4 Å². The van der Waals surface area contributed by atoms with Gasteiger partial charge in [-0.2, -0.15) is 0 Å². The van der Waals surface area contributed by atoms with E-state index < -0.39 is 40.9 Å². The van der Waals surface area contributed by atoms with E-state index >= 15 is 8.78 Å². The molecule has 3 aliphatic heterocycles. The molecule has 4 heterocycles. The Bertz CT molecular complexity index is 1430. The molecule has 2 unspecified atom stereocenters. The maximum absolute atomic E-state index is 15.6. The summed E-state index contributed by atoms with van der Waals surface area (Å²) in [5, 5.41) is 12.5. The van der Waals surface area contributed by atoms with Crippen LogP contribution < -0.4 is 10.4 Å². The van der Waals surface area contributed by atoms with Crippen LogP contribution in [0.25, 0.3) is 0 Å². The molecule has 0 spiro atoms. The van der Waals surface area contributed by atoms with Crippen molar-refractivity contribution in [3.63, 3.8) is 0 Å². The molecule has 180 valence electrons. The van der Waals surface area contributed by atoms with Crippen molar-refractivity contribution in [3.05, 3.63) is 92.9 Å². The van der Waals surface area contributed by atoms with Gasteiger partial charge in [-0.05, 0) is 42.0 Å². The van der Waals surface area contributed by atoms with E-state index in [1.54, 1.807) is 23.1 Å². The van der Waals surface area contributed by atoms with Crippen molar-refractivity contribution in [1.82, 2.24) is 9.58 Å². The number of piperidine rings is 1. The summed E-state index contributed by atoms with van der Waals surface area (Å²) in [6.45, 7) is 2.54. The van der Waals surface area contributed by atoms with Crippen molar-refractivity contribution in [2.24, 2.45) is 5.92 Å². The summed E-state index contributed by atoms with van der Waals surface area (Å²) < 4.78 is 32.2. The molecule has 1 amide bonds. The van der Waals surface area contributed by atoms with E-state index in [1.165, 1.54) is 40.8 Å². The van der Waals surface area contributed by atoms with Gasteiger partial charge in [-0.3, -0.25) is 19.3 Å². The number of carbonyl (C=O) groups is 1. The van der Waals surface area contributed by atoms with Gasteiger partial charge in [0.2, 0.25) is 5.43 Å². The first-order valence-corrected chi connectivity index (χ1v) is 12.6. The number of thioether (sulfide) groups is 1. The molecule has 0 saturated carbocycles. The number of benzene rings is 2. The highest BCUT2D eigenvalue weighted by molar-refractivity contribution is 7.98. The van der Waals surface area contributed by atoms with Gasteiger partial charge < -0.3 is 10.0 Å². The van der Waals surface area contributed by atoms with E-state index in [2.05, 4.69) is 6.92 Å². The fourth-order valence-electron chi connectivity index (χ4n) is 5.57. The van der Waals surface area contributed by atoms with Crippen LogP contribution in [0.5, 0.6) is 5.75 Å². The number of pyridine rings is 1. The Morgan fingerprint density at radius 2 is 1.83 bits per heavy atom. The fraction of sp³-hybridized carbons (Fsp3) is 0.308. The van der Waals surface area contributed by atoms with Crippen molar-refractivity contribution in [2.45, 2.75) is 42.6 Å². The summed E-state index contributed by atoms with van der Waals surface area (Å²) in [6.07, 6.45) is 2.35. The second-order valence-corrected chi connectivity index (χ2v) is 10.4. The van der Waals surface area contributed by atoms with Crippen molar-refractivity contribution >= 4 is 17.7 Å². The highest BCUT2D eigenvalue weighted by atomic mass is 32.2. The van der Waals surface area contributed by atoms with E-state index in [1.807, 2.05) is 11.1 Å². The molecular formula is C26H23F2N3O3S. The van der Waals surface area contributed by atoms with E-state index in [4.69, 9.17) is 0 Å². The van der Waals surface area contributed by atoms with Gasteiger partial charge in [0.05, 0.1) is 0 Å². The Morgan fingerprint density at radius 3 is 2.66 bits per heavy atom. The Kier molecular flexibility index (Phi) is 5.14. The third-order valence-electron chi connectivity index (χ3n) is 7.25. The van der Waals surface area contributed by atoms with Crippen molar-refractivity contribution in [3.8, 4) is 5.75 Å². The minimum Gasteiger partial charge on any atom is -0.502 e. The first kappa shape index (κ1) is 22.2. The third-order valence-corrected chi connectivity index (χ3v) is 8.43. The van der Waals surface area contributed by atoms with Gasteiger partial charge in [0, 0.05) is 35.0 Å². The first-order valence-electron chi connectivity index (χ1n) is 11.6. The number of nitrogens with zero attached hydrogens (tertiary/aromatic N) is 3. The lowest BCUT2D eigenvalue weighted by molar-refractivity contribution is 0.0392. The minimum atomic E-state index is -0.793. The summed E-state index contributed by atoms with van der Waals surface area (Å²) in [5.74, 6) is -1.23. The lowest BCUT2D eigenvalue weighted by Crippen LogP contribution is -2.64. The molecule has 9 heteroatoms. The van der Waals surface area contributed by atoms with E-state index in [0.717, 1.165) is 12.0 Å². The van der Waals surface area contributed by atoms with Gasteiger partial charge in [-0.1, -0.05) is 31.2 Å². The molecule has 3 aromatic rings. The second kappa shape index (κ2) is 8.12. The zero-order valence-electron chi connectivity index (χ0n) is 18.9. The van der Waals surface area contributed by atoms with E-state index in [-0.39, 0.29) is 11.6 Å². The molecule has 1 aromatic heterocycles. The number of hydrogen-bond acceptors (Lipinski definition) is 5. The van der Waals surface area contributed by atoms with Gasteiger partial charge in [-0.25, -0.2) is 8.78 Å². The quantitative estimate of drug-likeness (QED) is 0.543. The van der Waals surface area contributed by atoms with E-state index in [9.17, 15) is 14.7 Å². The largest absolute Gasteiger partial charge is 0.502 e. The molecule has 6 rings (SSSR count). The number of carbonyl (C=O) groups excluding carboxylic acids is 1. The normalized spacial score (nSPS) is 23.2. The van der Waals surface area contributed by atoms with Crippen LogP contribution >= 0.6 is 11.8 Å². The number of aromatic hydroxyl groups is 1. The standard InChI is InChI=1S/C26H23F2N3O3S/c1-14-8-10-29-20(12-14)31(30-11-9-19(32)24(33)23(30)26(29)34)22-16-5-3-7-18(28)25(16)35-13-15-4-2-6-17(27)21(15)22/h2-7,9,11,14,20,22,33H,8,10,12-13H2,1H3/t14?,20?,22-/m1/s1. The highest BCUT2D eigenvalue weighted by Gasteiger charge is 2.47. The predicted molar refractivity (Wildman–Crippen MR) is 128 cm³/mol. The Balaban J connectivity index is 1.69. The molecule has 1 saturated heterocycles. The van der Waals surface area contributed by atoms with Crippen LogP contribution in [0.1, 0.15) is 53.0 Å². The summed E-state index contributed by atoms with van der Waals surface area (Å²) in [6, 6.07) is 10.0. The fourth-order valence-corrected chi connectivity index (χ4v) is 6.68. The van der Waals surface area contributed by atoms with Crippen LogP contribution in [-0.4, -0.2) is 33.3 Å². The van der Waals surface area contributed by atoms with Crippen molar-refractivity contribution in [1.29, 1.82) is 0 Å². The number of hydrogen-bond donors (Lipinski definition) is 1. The Morgan fingerprint density at radius 1 is 1.06 bits per heavy atom. The molecule has 3 atom stereocenters. The number of amides is 1. The van der Waals surface area contributed by atoms with Gasteiger partial charge in [-0.15, -0.1) is 11.8 Å². The van der Waals surface area contributed by atoms with Crippen LogP contribution in [0.2, 0.25) is 0 Å². The Labute approximate surface area is 204 Å². The summed E-state index contributed by atoms with van der Waals surface area (Å²) in [4.78, 5) is 27.9. The number of fused-ring (bicyclic) bond motifs is 4. The van der Waals surface area contributed by atoms with Crippen molar-refractivity contribution < 1.29 is 18.7 Å². The molecule has 35 heavy (non-hydrogen) atoms. The van der Waals surface area contributed by atoms with Crippen LogP contribution in [0.15, 0.2) is 58.4 Å². The lowest BCUT2D eigenvalue weighted by Gasteiger charge is -2.52. The molecular weight excluding hydrogens is 472 g/mol. The zero-order chi connectivity index (χ0) is 24.4. The molecule has 3 aliphatic rings. The third kappa shape index (κ3) is 3.28. The topological polar surface area (TPSA) is 65.8 Å². The molecule has 0 radical (unpaired) electrons. The second-order valence-electron chi connectivity index (χ2n) is 9.37. The first-order chi connectivity index (χ1) is 16.9. The van der Waals surface area contributed by atoms with Crippen LogP contribution in [0.3, 0.4) is 0 Å². The SMILES string of the molecule is CC1CCN2C(=O)c3c(O)c(=O)ccn3N([C@@H]3c4cccc(F)c4SCc4cccc(F)c43)C2C1. The molecule has 6 nitrogen and oxygen atoms in total. The maximum Gasteiger partial charge on any atom is 0.278 e. The molecule has 2 aromatic carbocycles. The zero-order valence-corrected chi connectivity index (χ0v) is 19.8. The summed E-state index contributed by atoms with van der Waals surface area (Å²) in [7, 11) is 0. The van der Waals surface area contributed by atoms with Gasteiger partial charge in [0.1, 0.15) is 23.8 Å². The average Bonchev–Trinajstić information content (AvgIpc) is 3.00. The molecule has 1 fully saturated rings. The summed E-state index contributed by atoms with van der Waals surface area (Å²) >= 11 is 1.32. The van der Waals surface area contributed by atoms with Crippen molar-refractivity contribution in [2.75, 3.05) is 11.6 Å². The molecule has 0 bridgehead atoms. The molecule has 1 N–H and O–H groups in total. The Hall–Kier alpha value is -3.33. The summed E-state index contributed by atoms with van der Waals surface area (Å²) in [5.41, 5.74) is 0.894. The minimum absolute atomic E-state index is 0.156. The maximum atomic E-state index is 15.6.